The number of carbonyl (C=O) groups is 1. The molecule has 0 aliphatic heterocycles. The van der Waals surface area contributed by atoms with Gasteiger partial charge in [0.2, 0.25) is 0 Å². The maximum absolute atomic E-state index is 12.5. The van der Waals surface area contributed by atoms with Gasteiger partial charge in [-0.1, -0.05) is 83.1 Å². The third-order valence-electron chi connectivity index (χ3n) is 6.48. The summed E-state index contributed by atoms with van der Waals surface area (Å²) >= 11 is 0. The summed E-state index contributed by atoms with van der Waals surface area (Å²) in [6, 6.07) is 16.1. The van der Waals surface area contributed by atoms with Crippen molar-refractivity contribution in [2.24, 2.45) is 0 Å². The maximum atomic E-state index is 12.5. The molecule has 29 heavy (non-hydrogen) atoms. The molecule has 0 amide bonds. The lowest BCUT2D eigenvalue weighted by Gasteiger charge is -2.34. The highest BCUT2D eigenvalue weighted by molar-refractivity contribution is 5.91. The number of carbonyl (C=O) groups excluding carboxylic acids is 1. The van der Waals surface area contributed by atoms with Crippen LogP contribution in [0.5, 0.6) is 5.75 Å². The van der Waals surface area contributed by atoms with Crippen LogP contribution in [0, 0.1) is 0 Å². The molecule has 0 atom stereocenters. The Morgan fingerprint density at radius 3 is 2.17 bits per heavy atom. The number of hydrogen-bond donors (Lipinski definition) is 0. The van der Waals surface area contributed by atoms with E-state index in [1.165, 1.54) is 75.3 Å². The van der Waals surface area contributed by atoms with Crippen LogP contribution in [0.3, 0.4) is 0 Å². The van der Waals surface area contributed by atoms with E-state index in [1.54, 1.807) is 0 Å². The highest BCUT2D eigenvalue weighted by Crippen LogP contribution is 2.39. The molecule has 0 heterocycles. The average molecular weight is 393 g/mol. The molecular weight excluding hydrogens is 356 g/mol. The first kappa shape index (κ1) is 21.6. The minimum Gasteiger partial charge on any atom is -0.423 e. The number of rotatable bonds is 9. The minimum atomic E-state index is -0.281. The summed E-state index contributed by atoms with van der Waals surface area (Å²) in [6.07, 6.45) is 14.0. The monoisotopic (exact) mass is 392 g/mol. The van der Waals surface area contributed by atoms with E-state index < -0.39 is 0 Å². The van der Waals surface area contributed by atoms with E-state index in [0.29, 0.717) is 11.3 Å². The number of unbranched alkanes of at least 4 members (excludes halogenated alkanes) is 4. The molecule has 0 spiro atoms. The lowest BCUT2D eigenvalue weighted by molar-refractivity contribution is 0.0734. The predicted molar refractivity (Wildman–Crippen MR) is 121 cm³/mol. The van der Waals surface area contributed by atoms with Crippen LogP contribution in [-0.4, -0.2) is 5.97 Å². The summed E-state index contributed by atoms with van der Waals surface area (Å²) in [5, 5.41) is 0. The molecule has 2 aromatic carbocycles. The number of aryl methyl sites for hydroxylation is 1. The predicted octanol–water partition coefficient (Wildman–Crippen LogP) is 7.64. The highest BCUT2D eigenvalue weighted by atomic mass is 16.5. The van der Waals surface area contributed by atoms with Crippen molar-refractivity contribution in [2.75, 3.05) is 0 Å². The Bertz CT molecular complexity index is 752. The molecule has 1 fully saturated rings. The van der Waals surface area contributed by atoms with Crippen molar-refractivity contribution < 1.29 is 9.53 Å². The van der Waals surface area contributed by atoms with Gasteiger partial charge in [-0.25, -0.2) is 4.79 Å². The van der Waals surface area contributed by atoms with Gasteiger partial charge in [-0.15, -0.1) is 0 Å². The molecule has 2 nitrogen and oxygen atoms in total. The van der Waals surface area contributed by atoms with Gasteiger partial charge in [0, 0.05) is 0 Å². The highest BCUT2D eigenvalue weighted by Gasteiger charge is 2.28. The van der Waals surface area contributed by atoms with Crippen molar-refractivity contribution in [3.63, 3.8) is 0 Å². The van der Waals surface area contributed by atoms with E-state index in [4.69, 9.17) is 4.74 Å². The van der Waals surface area contributed by atoms with Crippen molar-refractivity contribution >= 4 is 5.97 Å². The fraction of sp³-hybridized carbons (Fsp3) is 0.519. The van der Waals surface area contributed by atoms with Crippen molar-refractivity contribution in [2.45, 2.75) is 89.9 Å². The van der Waals surface area contributed by atoms with E-state index in [9.17, 15) is 4.79 Å². The Balaban J connectivity index is 1.52. The molecule has 2 aromatic rings. The second-order valence-corrected chi connectivity index (χ2v) is 8.90. The van der Waals surface area contributed by atoms with Gasteiger partial charge in [-0.3, -0.25) is 0 Å². The number of ether oxygens (including phenoxy) is 1. The first-order chi connectivity index (χ1) is 14.1. The summed E-state index contributed by atoms with van der Waals surface area (Å²) < 4.78 is 5.60. The Morgan fingerprint density at radius 2 is 1.52 bits per heavy atom. The van der Waals surface area contributed by atoms with Crippen LogP contribution in [0.4, 0.5) is 0 Å². The topological polar surface area (TPSA) is 26.3 Å². The summed E-state index contributed by atoms with van der Waals surface area (Å²) in [6.45, 7) is 4.60. The molecule has 156 valence electrons. The second kappa shape index (κ2) is 10.6. The zero-order valence-corrected chi connectivity index (χ0v) is 18.2. The fourth-order valence-corrected chi connectivity index (χ4v) is 4.45. The van der Waals surface area contributed by atoms with Gasteiger partial charge in [0.1, 0.15) is 5.75 Å². The standard InChI is InChI=1S/C27H36O2/c1-3-4-5-6-8-11-22-12-14-23(15-13-22)26(28)29-25-18-16-24(17-19-25)27(2)20-9-7-10-21-27/h12-19H,3-11,20-21H2,1-2H3. The molecule has 2 heteroatoms. The quantitative estimate of drug-likeness (QED) is 0.249. The molecule has 1 aliphatic carbocycles. The normalized spacial score (nSPS) is 15.8. The van der Waals surface area contributed by atoms with Crippen LogP contribution in [0.15, 0.2) is 48.5 Å². The minimum absolute atomic E-state index is 0.271. The molecule has 1 aliphatic rings. The maximum Gasteiger partial charge on any atom is 0.343 e. The molecule has 0 aromatic heterocycles. The number of hydrogen-bond acceptors (Lipinski definition) is 2. The van der Waals surface area contributed by atoms with Crippen LogP contribution in [0.1, 0.15) is 99.5 Å². The number of benzene rings is 2. The van der Waals surface area contributed by atoms with Gasteiger partial charge in [0.15, 0.2) is 0 Å². The average Bonchev–Trinajstić information content (AvgIpc) is 2.75. The van der Waals surface area contributed by atoms with E-state index in [1.807, 2.05) is 24.3 Å². The summed E-state index contributed by atoms with van der Waals surface area (Å²) in [5.74, 6) is 0.342. The molecule has 0 bridgehead atoms. The molecule has 0 radical (unpaired) electrons. The van der Waals surface area contributed by atoms with Crippen LogP contribution in [0.2, 0.25) is 0 Å². The van der Waals surface area contributed by atoms with Crippen LogP contribution < -0.4 is 4.74 Å². The van der Waals surface area contributed by atoms with E-state index in [2.05, 4.69) is 38.1 Å². The zero-order valence-electron chi connectivity index (χ0n) is 18.2. The molecule has 1 saturated carbocycles. The molecule has 0 unspecified atom stereocenters. The van der Waals surface area contributed by atoms with E-state index >= 15 is 0 Å². The Morgan fingerprint density at radius 1 is 0.862 bits per heavy atom. The van der Waals surface area contributed by atoms with Gasteiger partial charge >= 0.3 is 5.97 Å². The van der Waals surface area contributed by atoms with Crippen molar-refractivity contribution in [3.8, 4) is 5.75 Å². The molecule has 3 rings (SSSR count). The molecule has 0 N–H and O–H groups in total. The first-order valence-electron chi connectivity index (χ1n) is 11.5. The van der Waals surface area contributed by atoms with Gasteiger partial charge in [0.05, 0.1) is 5.56 Å². The Labute approximate surface area is 176 Å². The zero-order chi connectivity index (χ0) is 20.5. The third kappa shape index (κ3) is 6.19. The Kier molecular flexibility index (Phi) is 7.91. The fourth-order valence-electron chi connectivity index (χ4n) is 4.45. The van der Waals surface area contributed by atoms with Gasteiger partial charge < -0.3 is 4.74 Å². The van der Waals surface area contributed by atoms with Crippen molar-refractivity contribution in [1.82, 2.24) is 0 Å². The van der Waals surface area contributed by atoms with Crippen LogP contribution in [0.25, 0.3) is 0 Å². The lowest BCUT2D eigenvalue weighted by atomic mass is 9.71. The van der Waals surface area contributed by atoms with Crippen LogP contribution in [-0.2, 0) is 11.8 Å². The van der Waals surface area contributed by atoms with Gasteiger partial charge in [0.25, 0.3) is 0 Å². The largest absolute Gasteiger partial charge is 0.423 e. The van der Waals surface area contributed by atoms with Crippen LogP contribution >= 0.6 is 0 Å². The van der Waals surface area contributed by atoms with Gasteiger partial charge in [-0.2, -0.15) is 0 Å². The second-order valence-electron chi connectivity index (χ2n) is 8.90. The van der Waals surface area contributed by atoms with Gasteiger partial charge in [-0.05, 0) is 66.5 Å². The SMILES string of the molecule is CCCCCCCc1ccc(C(=O)Oc2ccc(C3(C)CCCCC3)cc2)cc1. The van der Waals surface area contributed by atoms with E-state index in [0.717, 1.165) is 6.42 Å². The molecular formula is C27H36O2. The third-order valence-corrected chi connectivity index (χ3v) is 6.48. The Hall–Kier alpha value is -2.09. The first-order valence-corrected chi connectivity index (χ1v) is 11.5. The molecule has 0 saturated heterocycles. The summed E-state index contributed by atoms with van der Waals surface area (Å²) in [4.78, 5) is 12.5. The van der Waals surface area contributed by atoms with E-state index in [-0.39, 0.29) is 11.4 Å². The smallest absolute Gasteiger partial charge is 0.343 e. The summed E-state index contributed by atoms with van der Waals surface area (Å²) in [7, 11) is 0. The van der Waals surface area contributed by atoms with Crippen molar-refractivity contribution in [1.29, 1.82) is 0 Å². The summed E-state index contributed by atoms with van der Waals surface area (Å²) in [5.41, 5.74) is 3.54. The number of esters is 1. The van der Waals surface area contributed by atoms with Crippen molar-refractivity contribution in [3.05, 3.63) is 65.2 Å². The lowest BCUT2D eigenvalue weighted by Crippen LogP contribution is -2.24.